The first kappa shape index (κ1) is 50.7. The fourth-order valence-corrected chi connectivity index (χ4v) is 8.27. The van der Waals surface area contributed by atoms with Gasteiger partial charge in [-0.05, 0) is 95.1 Å². The molecule has 4 amide bonds. The molecule has 2 aliphatic rings. The van der Waals surface area contributed by atoms with Gasteiger partial charge in [0.05, 0.1) is 12.1 Å². The van der Waals surface area contributed by atoms with Gasteiger partial charge in [0.25, 0.3) is 0 Å². The first-order valence-electron chi connectivity index (χ1n) is 24.0. The molecular formula is C58H72N4O4. The number of hydrogen-bond donors (Lipinski definition) is 3. The van der Waals surface area contributed by atoms with Gasteiger partial charge in [0.2, 0.25) is 23.6 Å². The summed E-state index contributed by atoms with van der Waals surface area (Å²) in [6, 6.07) is 45.5. The van der Waals surface area contributed by atoms with Crippen molar-refractivity contribution in [1.29, 1.82) is 0 Å². The number of aryl methyl sites for hydroxylation is 2. The number of fused-ring (bicyclic) bond motifs is 4. The number of hydrogen-bond acceptors (Lipinski definition) is 4. The Hall–Kier alpha value is -6.28. The first-order valence-corrected chi connectivity index (χ1v) is 24.0. The van der Waals surface area contributed by atoms with Crippen LogP contribution in [0, 0.1) is 23.7 Å². The van der Waals surface area contributed by atoms with Crippen LogP contribution >= 0.6 is 0 Å². The highest BCUT2D eigenvalue weighted by Crippen LogP contribution is 2.34. The number of amides is 4. The highest BCUT2D eigenvalue weighted by molar-refractivity contribution is 6.02. The Morgan fingerprint density at radius 1 is 0.500 bits per heavy atom. The molecule has 0 spiro atoms. The third kappa shape index (κ3) is 14.4. The first-order chi connectivity index (χ1) is 31.6. The molecule has 8 nitrogen and oxygen atoms in total. The van der Waals surface area contributed by atoms with Crippen LogP contribution < -0.4 is 16.0 Å². The molecule has 0 bridgehead atoms. The van der Waals surface area contributed by atoms with E-state index >= 15 is 0 Å². The van der Waals surface area contributed by atoms with Crippen molar-refractivity contribution in [3.63, 3.8) is 0 Å². The summed E-state index contributed by atoms with van der Waals surface area (Å²) >= 11 is 0. The van der Waals surface area contributed by atoms with Gasteiger partial charge in [-0.1, -0.05) is 177 Å². The van der Waals surface area contributed by atoms with Crippen LogP contribution in [0.25, 0.3) is 21.5 Å². The maximum absolute atomic E-state index is 12.1. The number of carbonyl (C=O) groups excluding carboxylic acids is 4. The van der Waals surface area contributed by atoms with Crippen LogP contribution in [0.15, 0.2) is 133 Å². The molecule has 2 aliphatic carbocycles. The molecule has 0 saturated heterocycles. The van der Waals surface area contributed by atoms with Crippen LogP contribution in [-0.4, -0.2) is 35.6 Å². The maximum Gasteiger partial charge on any atom is 0.226 e. The second-order valence-electron chi connectivity index (χ2n) is 18.7. The SMILES string of the molecule is CC(C)C(=O)N(C)C1CCCc2ccccc21.CC(C)C(=O)NC1CCCCc2ccccc21.CC(C)C(=O)Nc1ccc2ccccc2c1.CC(C)C(=O)Nc1cccc2ccccc12. The molecule has 0 fully saturated rings. The molecule has 0 aliphatic heterocycles. The van der Waals surface area contributed by atoms with Gasteiger partial charge >= 0.3 is 0 Å². The van der Waals surface area contributed by atoms with Gasteiger partial charge in [-0.15, -0.1) is 0 Å². The third-order valence-electron chi connectivity index (χ3n) is 12.2. The normalized spacial score (nSPS) is 15.1. The molecule has 0 radical (unpaired) electrons. The van der Waals surface area contributed by atoms with E-state index in [1.54, 1.807) is 0 Å². The predicted molar refractivity (Wildman–Crippen MR) is 274 cm³/mol. The maximum atomic E-state index is 12.1. The molecule has 0 aromatic heterocycles. The Morgan fingerprint density at radius 2 is 1.05 bits per heavy atom. The summed E-state index contributed by atoms with van der Waals surface area (Å²) in [4.78, 5) is 49.0. The standard InChI is InChI=1S/2C15H21NO.2C14H15NO/c1-11(2)15(17)16(3)14-10-6-8-12-7-4-5-9-13(12)14;1-11(2)15(17)16-14-10-6-4-8-12-7-3-5-9-13(12)14;1-10(2)14(16)15-13-9-5-7-11-6-3-4-8-12(11)13;1-10(2)14(16)15-13-8-7-11-5-3-4-6-12(11)9-13/h4-5,7,9,11,14H,6,8,10H2,1-3H3;3,5,7,9,11,14H,4,6,8,10H2,1-2H3,(H,16,17);2*3-10H,1-2H3,(H,15,16). The molecule has 348 valence electrons. The molecule has 8 rings (SSSR count). The molecule has 66 heavy (non-hydrogen) atoms. The van der Waals surface area contributed by atoms with Gasteiger partial charge in [-0.25, -0.2) is 0 Å². The van der Waals surface area contributed by atoms with Crippen molar-refractivity contribution >= 4 is 56.5 Å². The molecule has 3 N–H and O–H groups in total. The van der Waals surface area contributed by atoms with Crippen LogP contribution in [-0.2, 0) is 32.0 Å². The molecule has 6 aromatic rings. The minimum Gasteiger partial charge on any atom is -0.349 e. The Morgan fingerprint density at radius 3 is 1.71 bits per heavy atom. The van der Waals surface area contributed by atoms with Crippen LogP contribution in [0.1, 0.15) is 122 Å². The lowest BCUT2D eigenvalue weighted by Gasteiger charge is -2.34. The Labute approximate surface area is 394 Å². The summed E-state index contributed by atoms with van der Waals surface area (Å²) in [5.41, 5.74) is 7.22. The van der Waals surface area contributed by atoms with E-state index in [4.69, 9.17) is 0 Å². The zero-order valence-corrected chi connectivity index (χ0v) is 40.7. The lowest BCUT2D eigenvalue weighted by atomic mass is 9.86. The smallest absolute Gasteiger partial charge is 0.226 e. The Kier molecular flexibility index (Phi) is 19.1. The monoisotopic (exact) mass is 889 g/mol. The Balaban J connectivity index is 0.000000165. The van der Waals surface area contributed by atoms with Crippen molar-refractivity contribution in [3.05, 3.63) is 156 Å². The second kappa shape index (κ2) is 24.9. The number of nitrogens with one attached hydrogen (secondary N) is 3. The average Bonchev–Trinajstić information content (AvgIpc) is 3.53. The van der Waals surface area contributed by atoms with E-state index in [9.17, 15) is 19.2 Å². The zero-order chi connectivity index (χ0) is 47.8. The number of rotatable bonds is 8. The summed E-state index contributed by atoms with van der Waals surface area (Å²) in [7, 11) is 1.94. The fourth-order valence-electron chi connectivity index (χ4n) is 8.27. The van der Waals surface area contributed by atoms with E-state index < -0.39 is 0 Å². The van der Waals surface area contributed by atoms with Gasteiger partial charge in [-0.2, -0.15) is 0 Å². The minimum absolute atomic E-state index is 0.000955. The largest absolute Gasteiger partial charge is 0.349 e. The molecule has 2 atom stereocenters. The number of carbonyl (C=O) groups is 4. The number of benzene rings is 6. The van der Waals surface area contributed by atoms with Gasteiger partial charge in [0.1, 0.15) is 0 Å². The van der Waals surface area contributed by atoms with Crippen molar-refractivity contribution < 1.29 is 19.2 Å². The molecule has 8 heteroatoms. The summed E-state index contributed by atoms with van der Waals surface area (Å²) < 4.78 is 0. The molecule has 2 unspecified atom stereocenters. The van der Waals surface area contributed by atoms with E-state index in [1.807, 2.05) is 146 Å². The summed E-state index contributed by atoms with van der Waals surface area (Å²) in [6.07, 6.45) is 8.04. The zero-order valence-electron chi connectivity index (χ0n) is 40.7. The van der Waals surface area contributed by atoms with Crippen LogP contribution in [0.4, 0.5) is 11.4 Å². The van der Waals surface area contributed by atoms with Crippen molar-refractivity contribution in [2.75, 3.05) is 17.7 Å². The van der Waals surface area contributed by atoms with Gasteiger partial charge < -0.3 is 20.9 Å². The van der Waals surface area contributed by atoms with E-state index in [2.05, 4.69) is 70.5 Å². The third-order valence-corrected chi connectivity index (χ3v) is 12.2. The van der Waals surface area contributed by atoms with E-state index in [0.29, 0.717) is 0 Å². The van der Waals surface area contributed by atoms with Crippen molar-refractivity contribution in [1.82, 2.24) is 10.2 Å². The predicted octanol–water partition coefficient (Wildman–Crippen LogP) is 13.3. The highest BCUT2D eigenvalue weighted by atomic mass is 16.2. The second-order valence-corrected chi connectivity index (χ2v) is 18.7. The minimum atomic E-state index is -0.000955. The summed E-state index contributed by atoms with van der Waals surface area (Å²) in [5, 5.41) is 13.6. The summed E-state index contributed by atoms with van der Waals surface area (Å²) in [5.74, 6) is 0.648. The lowest BCUT2D eigenvalue weighted by Crippen LogP contribution is -2.35. The van der Waals surface area contributed by atoms with Crippen molar-refractivity contribution in [3.8, 4) is 0 Å². The highest BCUT2D eigenvalue weighted by Gasteiger charge is 2.27. The molecule has 0 saturated carbocycles. The van der Waals surface area contributed by atoms with Gasteiger partial charge in [-0.3, -0.25) is 19.2 Å². The molecule has 0 heterocycles. The lowest BCUT2D eigenvalue weighted by molar-refractivity contribution is -0.135. The van der Waals surface area contributed by atoms with E-state index in [-0.39, 0.29) is 59.4 Å². The Bertz CT molecular complexity index is 2530. The van der Waals surface area contributed by atoms with Crippen LogP contribution in [0.5, 0.6) is 0 Å². The van der Waals surface area contributed by atoms with Gasteiger partial charge in [0.15, 0.2) is 0 Å². The van der Waals surface area contributed by atoms with E-state index in [1.165, 1.54) is 46.9 Å². The fraction of sp³-hybridized carbons (Fsp3) is 0.379. The van der Waals surface area contributed by atoms with Gasteiger partial charge in [0, 0.05) is 47.5 Å². The van der Waals surface area contributed by atoms with Crippen LogP contribution in [0.2, 0.25) is 0 Å². The average molecular weight is 889 g/mol. The van der Waals surface area contributed by atoms with Crippen LogP contribution in [0.3, 0.4) is 0 Å². The van der Waals surface area contributed by atoms with Crippen molar-refractivity contribution in [2.45, 2.75) is 112 Å². The quantitative estimate of drug-likeness (QED) is 0.132. The topological polar surface area (TPSA) is 108 Å². The molecular weight excluding hydrogens is 817 g/mol. The summed E-state index contributed by atoms with van der Waals surface area (Å²) in [6.45, 7) is 15.4. The van der Waals surface area contributed by atoms with Crippen molar-refractivity contribution in [2.24, 2.45) is 23.7 Å². The number of nitrogens with zero attached hydrogens (tertiary/aromatic N) is 1. The molecule has 6 aromatic carbocycles. The van der Waals surface area contributed by atoms with E-state index in [0.717, 1.165) is 53.2 Å². The number of anilines is 2.